The molecule has 1 fully saturated rings. The normalized spacial score (nSPS) is 24.3. The third kappa shape index (κ3) is 2.68. The van der Waals surface area contributed by atoms with Crippen molar-refractivity contribution < 1.29 is 4.79 Å². The number of rotatable bonds is 4. The van der Waals surface area contributed by atoms with Crippen molar-refractivity contribution in [3.05, 3.63) is 52.4 Å². The summed E-state index contributed by atoms with van der Waals surface area (Å²) >= 11 is 0. The molecular weight excluding hydrogens is 342 g/mol. The van der Waals surface area contributed by atoms with Crippen LogP contribution in [0.15, 0.2) is 46.2 Å². The first-order valence-electron chi connectivity index (χ1n) is 9.10. The largest absolute Gasteiger partial charge is 0.364 e. The van der Waals surface area contributed by atoms with Crippen molar-refractivity contribution in [2.24, 2.45) is 16.5 Å². The van der Waals surface area contributed by atoms with Crippen LogP contribution in [-0.2, 0) is 11.3 Å². The number of nitrogens with one attached hydrogen (secondary N) is 2. The molecule has 4 rings (SSSR count). The maximum absolute atomic E-state index is 11.8. The van der Waals surface area contributed by atoms with Crippen LogP contribution in [-0.4, -0.2) is 35.0 Å². The number of anilines is 1. The number of aryl methyl sites for hydroxylation is 1. The number of likely N-dealkylation sites (N-methyl/N-ethyl adjacent to an activating group) is 1. The first kappa shape index (κ1) is 17.6. The summed E-state index contributed by atoms with van der Waals surface area (Å²) in [6, 6.07) is 6.13. The third-order valence-electron chi connectivity index (χ3n) is 5.51. The van der Waals surface area contributed by atoms with Crippen LogP contribution in [0.1, 0.15) is 30.4 Å². The van der Waals surface area contributed by atoms with Crippen molar-refractivity contribution in [2.75, 3.05) is 12.5 Å². The number of carbonyl (C=O) groups excluding carboxylic acids is 1. The number of nitrogens with zero attached hydrogens (tertiary/aromatic N) is 3. The molecule has 1 unspecified atom stereocenters. The SMILES string of the molecule is Cc1ccc(CN)cc1NN1C=NC23C(=C1)CCCC2=C(C(N)=O)NN3C. The number of hydrogen-bond donors (Lipinski definition) is 4. The van der Waals surface area contributed by atoms with Gasteiger partial charge in [-0.25, -0.2) is 4.99 Å². The molecule has 2 heterocycles. The minimum atomic E-state index is -0.658. The lowest BCUT2D eigenvalue weighted by Gasteiger charge is -2.42. The van der Waals surface area contributed by atoms with E-state index in [-0.39, 0.29) is 0 Å². The molecule has 142 valence electrons. The van der Waals surface area contributed by atoms with Gasteiger partial charge in [-0.3, -0.25) is 15.2 Å². The van der Waals surface area contributed by atoms with Crippen LogP contribution in [0, 0.1) is 6.92 Å². The highest BCUT2D eigenvalue weighted by atomic mass is 16.1. The van der Waals surface area contributed by atoms with Crippen molar-refractivity contribution in [1.29, 1.82) is 0 Å². The second-order valence-corrected chi connectivity index (χ2v) is 7.19. The zero-order chi connectivity index (χ0) is 19.2. The number of carbonyl (C=O) groups is 1. The van der Waals surface area contributed by atoms with Crippen LogP contribution < -0.4 is 22.3 Å². The molecule has 0 aromatic heterocycles. The Morgan fingerprint density at radius 3 is 2.96 bits per heavy atom. The fourth-order valence-electron chi connectivity index (χ4n) is 4.10. The zero-order valence-electron chi connectivity index (χ0n) is 15.6. The molecule has 8 heteroatoms. The van der Waals surface area contributed by atoms with Gasteiger partial charge in [-0.15, -0.1) is 0 Å². The van der Waals surface area contributed by atoms with Crippen LogP contribution >= 0.6 is 0 Å². The molecular formula is C19H25N7O. The number of benzene rings is 1. The van der Waals surface area contributed by atoms with Gasteiger partial charge < -0.3 is 16.9 Å². The van der Waals surface area contributed by atoms with E-state index < -0.39 is 11.6 Å². The minimum absolute atomic E-state index is 0.444. The number of amides is 1. The average Bonchev–Trinajstić information content (AvgIpc) is 2.96. The predicted molar refractivity (Wildman–Crippen MR) is 105 cm³/mol. The lowest BCUT2D eigenvalue weighted by Crippen LogP contribution is -2.52. The summed E-state index contributed by atoms with van der Waals surface area (Å²) < 4.78 is 0. The molecule has 8 nitrogen and oxygen atoms in total. The van der Waals surface area contributed by atoms with Crippen molar-refractivity contribution in [2.45, 2.75) is 38.4 Å². The monoisotopic (exact) mass is 367 g/mol. The van der Waals surface area contributed by atoms with E-state index in [2.05, 4.69) is 23.1 Å². The van der Waals surface area contributed by atoms with E-state index >= 15 is 0 Å². The lowest BCUT2D eigenvalue weighted by molar-refractivity contribution is -0.115. The van der Waals surface area contributed by atoms with E-state index in [1.807, 2.05) is 36.1 Å². The molecule has 0 saturated heterocycles. The summed E-state index contributed by atoms with van der Waals surface area (Å²) in [7, 11) is 1.89. The second kappa shape index (κ2) is 6.40. The summed E-state index contributed by atoms with van der Waals surface area (Å²) in [5.74, 6) is -0.444. The zero-order valence-corrected chi connectivity index (χ0v) is 15.6. The fourth-order valence-corrected chi connectivity index (χ4v) is 4.10. The topological polar surface area (TPSA) is 112 Å². The maximum atomic E-state index is 11.8. The van der Waals surface area contributed by atoms with Crippen molar-refractivity contribution in [3.8, 4) is 0 Å². The first-order valence-corrected chi connectivity index (χ1v) is 9.10. The van der Waals surface area contributed by atoms with Crippen LogP contribution in [0.4, 0.5) is 5.69 Å². The van der Waals surface area contributed by atoms with E-state index in [1.54, 1.807) is 6.34 Å². The highest BCUT2D eigenvalue weighted by Gasteiger charge is 2.52. The number of nitrogens with two attached hydrogens (primary N) is 2. The van der Waals surface area contributed by atoms with E-state index in [1.165, 1.54) is 0 Å². The molecule has 27 heavy (non-hydrogen) atoms. The molecule has 0 radical (unpaired) electrons. The van der Waals surface area contributed by atoms with E-state index in [0.717, 1.165) is 47.2 Å². The highest BCUT2D eigenvalue weighted by molar-refractivity contribution is 5.93. The second-order valence-electron chi connectivity index (χ2n) is 7.19. The van der Waals surface area contributed by atoms with Gasteiger partial charge in [0.15, 0.2) is 5.66 Å². The molecule has 1 aromatic carbocycles. The van der Waals surface area contributed by atoms with Gasteiger partial charge in [0, 0.05) is 25.4 Å². The Bertz CT molecular complexity index is 888. The summed E-state index contributed by atoms with van der Waals surface area (Å²) in [4.78, 5) is 16.7. The Balaban J connectivity index is 1.67. The van der Waals surface area contributed by atoms with Gasteiger partial charge in [0.25, 0.3) is 5.91 Å². The summed E-state index contributed by atoms with van der Waals surface area (Å²) in [5.41, 5.74) is 22.9. The Kier molecular flexibility index (Phi) is 4.16. The Morgan fingerprint density at radius 2 is 2.22 bits per heavy atom. The van der Waals surface area contributed by atoms with Crippen LogP contribution in [0.3, 0.4) is 0 Å². The van der Waals surface area contributed by atoms with Crippen LogP contribution in [0.5, 0.6) is 0 Å². The van der Waals surface area contributed by atoms with E-state index in [9.17, 15) is 4.79 Å². The lowest BCUT2D eigenvalue weighted by atomic mass is 9.79. The van der Waals surface area contributed by atoms with Crippen LogP contribution in [0.25, 0.3) is 0 Å². The molecule has 1 saturated carbocycles. The Morgan fingerprint density at radius 1 is 1.41 bits per heavy atom. The minimum Gasteiger partial charge on any atom is -0.364 e. The van der Waals surface area contributed by atoms with Crippen molar-refractivity contribution in [1.82, 2.24) is 15.4 Å². The van der Waals surface area contributed by atoms with Gasteiger partial charge in [-0.1, -0.05) is 12.1 Å². The summed E-state index contributed by atoms with van der Waals surface area (Å²) in [5, 5.41) is 3.74. The maximum Gasteiger partial charge on any atom is 0.266 e. The summed E-state index contributed by atoms with van der Waals surface area (Å²) in [6.07, 6.45) is 6.48. The number of hydrogen-bond acceptors (Lipinski definition) is 7. The molecule has 1 spiro atoms. The van der Waals surface area contributed by atoms with Crippen molar-refractivity contribution >= 4 is 17.9 Å². The molecule has 1 aromatic rings. The molecule has 2 aliphatic heterocycles. The van der Waals surface area contributed by atoms with Gasteiger partial charge in [0.2, 0.25) is 0 Å². The van der Waals surface area contributed by atoms with Gasteiger partial charge in [-0.05, 0) is 49.0 Å². The highest BCUT2D eigenvalue weighted by Crippen LogP contribution is 2.47. The standard InChI is InChI=1S/C19H25N7O/c1-12-6-7-13(9-20)8-16(12)23-26-10-14-4-3-5-15-17(18(21)27)24-25(2)19(14,15)22-11-26/h6-8,10-11,23-24H,3-5,9,20H2,1-2H3,(H2,21,27). The van der Waals surface area contributed by atoms with Crippen LogP contribution in [0.2, 0.25) is 0 Å². The van der Waals surface area contributed by atoms with Gasteiger partial charge in [0.05, 0.1) is 5.69 Å². The molecule has 1 aliphatic carbocycles. The fraction of sp³-hybridized carbons (Fsp3) is 0.368. The molecule has 3 aliphatic rings. The number of aliphatic imine (C=N–C) groups is 1. The summed E-state index contributed by atoms with van der Waals surface area (Å²) in [6.45, 7) is 2.54. The number of primary amides is 1. The first-order chi connectivity index (χ1) is 13.0. The molecule has 6 N–H and O–H groups in total. The molecule has 0 bridgehead atoms. The smallest absolute Gasteiger partial charge is 0.266 e. The predicted octanol–water partition coefficient (Wildman–Crippen LogP) is 1.08. The van der Waals surface area contributed by atoms with E-state index in [0.29, 0.717) is 12.2 Å². The Hall–Kier alpha value is -2.84. The average molecular weight is 367 g/mol. The number of hydrazine groups is 2. The third-order valence-corrected chi connectivity index (χ3v) is 5.51. The van der Waals surface area contributed by atoms with Crippen molar-refractivity contribution in [3.63, 3.8) is 0 Å². The van der Waals surface area contributed by atoms with Gasteiger partial charge in [-0.2, -0.15) is 5.01 Å². The van der Waals surface area contributed by atoms with Gasteiger partial charge in [0.1, 0.15) is 12.0 Å². The molecule has 1 atom stereocenters. The molecule has 1 amide bonds. The Labute approximate surface area is 158 Å². The van der Waals surface area contributed by atoms with Gasteiger partial charge >= 0.3 is 0 Å². The van der Waals surface area contributed by atoms with E-state index in [4.69, 9.17) is 16.5 Å². The quantitative estimate of drug-likeness (QED) is 0.634.